The predicted octanol–water partition coefficient (Wildman–Crippen LogP) is 3.78. The van der Waals surface area contributed by atoms with Gasteiger partial charge in [0.2, 0.25) is 0 Å². The Morgan fingerprint density at radius 1 is 1.17 bits per heavy atom. The zero-order chi connectivity index (χ0) is 12.5. The van der Waals surface area contributed by atoms with Gasteiger partial charge >= 0.3 is 0 Å². The van der Waals surface area contributed by atoms with Crippen molar-refractivity contribution in [1.82, 2.24) is 4.98 Å². The Bertz CT molecular complexity index is 554. The van der Waals surface area contributed by atoms with Gasteiger partial charge in [0.05, 0.1) is 5.52 Å². The Morgan fingerprint density at radius 2 is 1.94 bits per heavy atom. The lowest BCUT2D eigenvalue weighted by molar-refractivity contribution is 0.439. The van der Waals surface area contributed by atoms with Crippen molar-refractivity contribution in [2.24, 2.45) is 5.92 Å². The van der Waals surface area contributed by atoms with Crippen LogP contribution in [0, 0.1) is 12.8 Å². The molecule has 1 aliphatic rings. The fourth-order valence-electron chi connectivity index (χ4n) is 2.77. The van der Waals surface area contributed by atoms with Crippen LogP contribution in [0.5, 0.6) is 0 Å². The van der Waals surface area contributed by atoms with Crippen molar-refractivity contribution in [2.75, 3.05) is 18.0 Å². The number of rotatable bonds is 1. The number of anilines is 1. The van der Waals surface area contributed by atoms with Gasteiger partial charge in [-0.15, -0.1) is 0 Å². The van der Waals surface area contributed by atoms with Gasteiger partial charge in [-0.05, 0) is 43.9 Å². The molecular formula is C16H20N2. The van der Waals surface area contributed by atoms with E-state index >= 15 is 0 Å². The third kappa shape index (κ3) is 2.07. The van der Waals surface area contributed by atoms with Crippen molar-refractivity contribution >= 4 is 16.6 Å². The number of pyridine rings is 1. The van der Waals surface area contributed by atoms with Gasteiger partial charge in [-0.25, -0.2) is 0 Å². The summed E-state index contributed by atoms with van der Waals surface area (Å²) in [5, 5.41) is 1.30. The van der Waals surface area contributed by atoms with Crippen LogP contribution in [-0.2, 0) is 0 Å². The largest absolute Gasteiger partial charge is 0.371 e. The Labute approximate surface area is 109 Å². The lowest BCUT2D eigenvalue weighted by Gasteiger charge is -2.32. The van der Waals surface area contributed by atoms with Crippen LogP contribution >= 0.6 is 0 Å². The average molecular weight is 240 g/mol. The molecule has 0 spiro atoms. The van der Waals surface area contributed by atoms with Crippen LogP contribution in [0.15, 0.2) is 30.5 Å². The SMILES string of the molecule is Cc1ccc2nccc(N3CCC(C)CC3)c2c1. The van der Waals surface area contributed by atoms with Gasteiger partial charge in [-0.2, -0.15) is 0 Å². The number of fused-ring (bicyclic) bond motifs is 1. The second-order valence-corrected chi connectivity index (χ2v) is 5.52. The molecule has 1 aromatic carbocycles. The van der Waals surface area contributed by atoms with Gasteiger partial charge in [0, 0.05) is 30.4 Å². The first-order chi connectivity index (χ1) is 8.74. The van der Waals surface area contributed by atoms with Gasteiger partial charge in [-0.1, -0.05) is 18.6 Å². The number of hydrogen-bond donors (Lipinski definition) is 0. The first-order valence-electron chi connectivity index (χ1n) is 6.84. The molecule has 1 fully saturated rings. The van der Waals surface area contributed by atoms with Crippen molar-refractivity contribution in [2.45, 2.75) is 26.7 Å². The molecule has 18 heavy (non-hydrogen) atoms. The van der Waals surface area contributed by atoms with Crippen LogP contribution in [0.25, 0.3) is 10.9 Å². The average Bonchev–Trinajstić information content (AvgIpc) is 2.39. The molecule has 3 rings (SSSR count). The number of aromatic nitrogens is 1. The van der Waals surface area contributed by atoms with Crippen LogP contribution in [-0.4, -0.2) is 18.1 Å². The Kier molecular flexibility index (Phi) is 2.94. The molecule has 0 amide bonds. The molecule has 0 atom stereocenters. The molecular weight excluding hydrogens is 220 g/mol. The summed E-state index contributed by atoms with van der Waals surface area (Å²) in [6, 6.07) is 8.69. The number of hydrogen-bond acceptors (Lipinski definition) is 2. The second-order valence-electron chi connectivity index (χ2n) is 5.52. The zero-order valence-corrected chi connectivity index (χ0v) is 11.2. The minimum absolute atomic E-state index is 0.871. The third-order valence-electron chi connectivity index (χ3n) is 4.00. The molecule has 0 bridgehead atoms. The van der Waals surface area contributed by atoms with Gasteiger partial charge in [0.15, 0.2) is 0 Å². The molecule has 2 heteroatoms. The van der Waals surface area contributed by atoms with Gasteiger partial charge < -0.3 is 4.90 Å². The first-order valence-corrected chi connectivity index (χ1v) is 6.84. The molecule has 0 N–H and O–H groups in total. The van der Waals surface area contributed by atoms with Crippen LogP contribution in [0.4, 0.5) is 5.69 Å². The lowest BCUT2D eigenvalue weighted by atomic mass is 9.98. The molecule has 0 aliphatic carbocycles. The molecule has 2 aromatic rings. The molecule has 0 unspecified atom stereocenters. The zero-order valence-electron chi connectivity index (χ0n) is 11.2. The van der Waals surface area contributed by atoms with Crippen molar-refractivity contribution in [1.29, 1.82) is 0 Å². The van der Waals surface area contributed by atoms with E-state index in [1.165, 1.54) is 42.6 Å². The topological polar surface area (TPSA) is 16.1 Å². The summed E-state index contributed by atoms with van der Waals surface area (Å²) in [5.74, 6) is 0.871. The highest BCUT2D eigenvalue weighted by atomic mass is 15.1. The van der Waals surface area contributed by atoms with E-state index in [9.17, 15) is 0 Å². The summed E-state index contributed by atoms with van der Waals surface area (Å²) in [6.07, 6.45) is 4.54. The molecule has 1 saturated heterocycles. The highest BCUT2D eigenvalue weighted by molar-refractivity contribution is 5.92. The molecule has 0 radical (unpaired) electrons. The summed E-state index contributed by atoms with van der Waals surface area (Å²) >= 11 is 0. The summed E-state index contributed by atoms with van der Waals surface area (Å²) in [4.78, 5) is 6.98. The predicted molar refractivity (Wildman–Crippen MR) is 77.1 cm³/mol. The highest BCUT2D eigenvalue weighted by Crippen LogP contribution is 2.29. The lowest BCUT2D eigenvalue weighted by Crippen LogP contribution is -2.32. The summed E-state index contributed by atoms with van der Waals surface area (Å²) in [7, 11) is 0. The number of benzene rings is 1. The smallest absolute Gasteiger partial charge is 0.0722 e. The summed E-state index contributed by atoms with van der Waals surface area (Å²) in [5.41, 5.74) is 3.77. The van der Waals surface area contributed by atoms with Gasteiger partial charge in [0.25, 0.3) is 0 Å². The van der Waals surface area contributed by atoms with Crippen LogP contribution in [0.2, 0.25) is 0 Å². The highest BCUT2D eigenvalue weighted by Gasteiger charge is 2.17. The van der Waals surface area contributed by atoms with Gasteiger partial charge in [-0.3, -0.25) is 4.98 Å². The van der Waals surface area contributed by atoms with E-state index in [4.69, 9.17) is 0 Å². The van der Waals surface area contributed by atoms with E-state index in [-0.39, 0.29) is 0 Å². The van der Waals surface area contributed by atoms with E-state index < -0.39 is 0 Å². The minimum atomic E-state index is 0.871. The normalized spacial score (nSPS) is 17.3. The van der Waals surface area contributed by atoms with E-state index in [1.54, 1.807) is 0 Å². The molecule has 1 aliphatic heterocycles. The van der Waals surface area contributed by atoms with Crippen molar-refractivity contribution in [3.63, 3.8) is 0 Å². The molecule has 1 aromatic heterocycles. The van der Waals surface area contributed by atoms with E-state index in [0.29, 0.717) is 0 Å². The van der Waals surface area contributed by atoms with E-state index in [0.717, 1.165) is 11.4 Å². The standard InChI is InChI=1S/C16H20N2/c1-12-6-9-18(10-7-12)16-5-8-17-15-4-3-13(2)11-14(15)16/h3-5,8,11-12H,6-7,9-10H2,1-2H3. The maximum atomic E-state index is 4.47. The first kappa shape index (κ1) is 11.5. The number of nitrogens with zero attached hydrogens (tertiary/aromatic N) is 2. The molecule has 2 nitrogen and oxygen atoms in total. The van der Waals surface area contributed by atoms with Crippen molar-refractivity contribution in [3.8, 4) is 0 Å². The Hall–Kier alpha value is -1.57. The molecule has 94 valence electrons. The fraction of sp³-hybridized carbons (Fsp3) is 0.438. The third-order valence-corrected chi connectivity index (χ3v) is 4.00. The second kappa shape index (κ2) is 4.60. The summed E-state index contributed by atoms with van der Waals surface area (Å²) < 4.78 is 0. The minimum Gasteiger partial charge on any atom is -0.371 e. The Morgan fingerprint density at radius 3 is 2.72 bits per heavy atom. The number of piperidine rings is 1. The maximum Gasteiger partial charge on any atom is 0.0722 e. The van der Waals surface area contributed by atoms with Gasteiger partial charge in [0.1, 0.15) is 0 Å². The van der Waals surface area contributed by atoms with Crippen molar-refractivity contribution < 1.29 is 0 Å². The van der Waals surface area contributed by atoms with Crippen LogP contribution < -0.4 is 4.90 Å². The molecule has 2 heterocycles. The molecule has 0 saturated carbocycles. The number of aryl methyl sites for hydroxylation is 1. The fourth-order valence-corrected chi connectivity index (χ4v) is 2.77. The maximum absolute atomic E-state index is 4.47. The summed E-state index contributed by atoms with van der Waals surface area (Å²) in [6.45, 7) is 6.85. The van der Waals surface area contributed by atoms with Crippen LogP contribution in [0.1, 0.15) is 25.3 Å². The van der Waals surface area contributed by atoms with Crippen LogP contribution in [0.3, 0.4) is 0 Å². The van der Waals surface area contributed by atoms with Crippen molar-refractivity contribution in [3.05, 3.63) is 36.0 Å². The monoisotopic (exact) mass is 240 g/mol. The van der Waals surface area contributed by atoms with E-state index in [1.807, 2.05) is 6.20 Å². The Balaban J connectivity index is 2.03. The quantitative estimate of drug-likeness (QED) is 0.754. The van der Waals surface area contributed by atoms with E-state index in [2.05, 4.69) is 48.0 Å².